The predicted octanol–water partition coefficient (Wildman–Crippen LogP) is 6.87. The molecule has 0 amide bonds. The van der Waals surface area contributed by atoms with Crippen LogP contribution in [0.3, 0.4) is 0 Å². The molecule has 1 aromatic heterocycles. The second-order valence-electron chi connectivity index (χ2n) is 7.70. The quantitative estimate of drug-likeness (QED) is 0.337. The molecule has 0 aliphatic heterocycles. The molecule has 3 nitrogen and oxygen atoms in total. The van der Waals surface area contributed by atoms with Crippen LogP contribution in [0.2, 0.25) is 0 Å². The minimum absolute atomic E-state index is 0.191. The van der Waals surface area contributed by atoms with E-state index in [1.165, 1.54) is 42.4 Å². The van der Waals surface area contributed by atoms with Crippen LogP contribution in [0.4, 0.5) is 0 Å². The van der Waals surface area contributed by atoms with Gasteiger partial charge in [0.15, 0.2) is 0 Å². The van der Waals surface area contributed by atoms with Crippen molar-refractivity contribution in [2.75, 3.05) is 0 Å². The first-order valence-electron chi connectivity index (χ1n) is 10.1. The van der Waals surface area contributed by atoms with Gasteiger partial charge >= 0.3 is 10.1 Å². The third kappa shape index (κ3) is 3.65. The molecule has 0 radical (unpaired) electrons. The summed E-state index contributed by atoms with van der Waals surface area (Å²) < 4.78 is 33.2. The second-order valence-corrected chi connectivity index (χ2v) is 10.3. The minimum Gasteiger partial charge on any atom is -0.379 e. The van der Waals surface area contributed by atoms with E-state index in [4.69, 9.17) is 4.18 Å². The molecule has 0 saturated heterocycles. The van der Waals surface area contributed by atoms with Gasteiger partial charge < -0.3 is 4.18 Å². The summed E-state index contributed by atoms with van der Waals surface area (Å²) in [7, 11) is -3.88. The molecule has 148 valence electrons. The lowest BCUT2D eigenvalue weighted by molar-refractivity contribution is 0.444. The second kappa shape index (κ2) is 7.47. The van der Waals surface area contributed by atoms with Gasteiger partial charge in [-0.1, -0.05) is 43.5 Å². The van der Waals surface area contributed by atoms with Crippen LogP contribution in [0.1, 0.15) is 43.6 Å². The highest BCUT2D eigenvalue weighted by Gasteiger charge is 2.20. The van der Waals surface area contributed by atoms with Gasteiger partial charge in [-0.25, -0.2) is 0 Å². The Morgan fingerprint density at radius 1 is 0.793 bits per heavy atom. The molecule has 3 aromatic carbocycles. The fourth-order valence-corrected chi connectivity index (χ4v) is 6.29. The Morgan fingerprint density at radius 2 is 1.48 bits per heavy atom. The highest BCUT2D eigenvalue weighted by Crippen LogP contribution is 2.39. The molecule has 4 aromatic rings. The number of para-hydroxylation sites is 1. The molecule has 1 saturated carbocycles. The summed E-state index contributed by atoms with van der Waals surface area (Å²) in [5, 5.41) is 2.13. The van der Waals surface area contributed by atoms with Crippen molar-refractivity contribution in [2.45, 2.75) is 42.9 Å². The van der Waals surface area contributed by atoms with Crippen molar-refractivity contribution in [2.24, 2.45) is 0 Å². The van der Waals surface area contributed by atoms with Crippen LogP contribution in [-0.4, -0.2) is 8.42 Å². The van der Waals surface area contributed by atoms with Crippen LogP contribution < -0.4 is 4.18 Å². The maximum atomic E-state index is 12.8. The summed E-state index contributed by atoms with van der Waals surface area (Å²) in [6.07, 6.45) is 6.43. The van der Waals surface area contributed by atoms with E-state index < -0.39 is 10.1 Å². The van der Waals surface area contributed by atoms with Crippen molar-refractivity contribution in [3.63, 3.8) is 0 Å². The standard InChI is InChI=1S/C24H22O3S2/c25-29(26,27-19-9-5-2-6-10-19)20-12-14-24-22(16-20)21-15-18(11-13-23(21)28-24)17-7-3-1-4-8-17/h2,5-6,9-17H,1,3-4,7-8H2. The number of rotatable bonds is 4. The Hall–Kier alpha value is -2.37. The van der Waals surface area contributed by atoms with E-state index >= 15 is 0 Å². The zero-order valence-corrected chi connectivity index (χ0v) is 17.6. The third-order valence-electron chi connectivity index (χ3n) is 5.78. The first-order chi connectivity index (χ1) is 14.1. The lowest BCUT2D eigenvalue weighted by Gasteiger charge is -2.22. The monoisotopic (exact) mass is 422 g/mol. The zero-order chi connectivity index (χ0) is 19.8. The van der Waals surface area contributed by atoms with Crippen molar-refractivity contribution in [3.05, 3.63) is 72.3 Å². The number of thiophene rings is 1. The molecular formula is C24H22O3S2. The maximum absolute atomic E-state index is 12.8. The van der Waals surface area contributed by atoms with E-state index in [1.54, 1.807) is 47.7 Å². The Labute approximate surface area is 175 Å². The number of hydrogen-bond donors (Lipinski definition) is 0. The zero-order valence-electron chi connectivity index (χ0n) is 16.0. The Kier molecular flexibility index (Phi) is 4.80. The summed E-state index contributed by atoms with van der Waals surface area (Å²) in [6, 6.07) is 20.6. The molecule has 0 N–H and O–H groups in total. The summed E-state index contributed by atoms with van der Waals surface area (Å²) in [5.74, 6) is 0.943. The number of fused-ring (bicyclic) bond motifs is 3. The molecule has 5 heteroatoms. The smallest absolute Gasteiger partial charge is 0.339 e. The van der Waals surface area contributed by atoms with E-state index in [1.807, 2.05) is 12.1 Å². The van der Waals surface area contributed by atoms with Crippen molar-refractivity contribution in [1.82, 2.24) is 0 Å². The molecule has 0 spiro atoms. The van der Waals surface area contributed by atoms with Crippen LogP contribution in [0.15, 0.2) is 71.6 Å². The predicted molar refractivity (Wildman–Crippen MR) is 119 cm³/mol. The largest absolute Gasteiger partial charge is 0.379 e. The molecule has 0 bridgehead atoms. The lowest BCUT2D eigenvalue weighted by Crippen LogP contribution is -2.09. The summed E-state index contributed by atoms with van der Waals surface area (Å²) in [6.45, 7) is 0. The van der Waals surface area contributed by atoms with Crippen LogP contribution in [0, 0.1) is 0 Å². The highest BCUT2D eigenvalue weighted by molar-refractivity contribution is 7.87. The van der Waals surface area contributed by atoms with Crippen molar-refractivity contribution >= 4 is 41.6 Å². The maximum Gasteiger partial charge on any atom is 0.339 e. The summed E-state index contributed by atoms with van der Waals surface area (Å²) in [5.41, 5.74) is 1.38. The van der Waals surface area contributed by atoms with E-state index in [0.29, 0.717) is 11.7 Å². The Morgan fingerprint density at radius 3 is 2.24 bits per heavy atom. The van der Waals surface area contributed by atoms with Crippen molar-refractivity contribution in [1.29, 1.82) is 0 Å². The van der Waals surface area contributed by atoms with Crippen molar-refractivity contribution < 1.29 is 12.6 Å². The van der Waals surface area contributed by atoms with Gasteiger partial charge in [-0.2, -0.15) is 8.42 Å². The topological polar surface area (TPSA) is 43.4 Å². The molecule has 1 aliphatic rings. The SMILES string of the molecule is O=S(=O)(Oc1ccccc1)c1ccc2sc3ccc(C4CCCCC4)cc3c2c1. The Bertz CT molecular complexity index is 1270. The molecule has 1 heterocycles. The fraction of sp³-hybridized carbons (Fsp3) is 0.250. The van der Waals surface area contributed by atoms with Gasteiger partial charge in [0.2, 0.25) is 0 Å². The minimum atomic E-state index is -3.88. The average molecular weight is 423 g/mol. The Balaban J connectivity index is 1.57. The van der Waals surface area contributed by atoms with Crippen LogP contribution >= 0.6 is 11.3 Å². The molecule has 29 heavy (non-hydrogen) atoms. The number of benzene rings is 3. The molecular weight excluding hydrogens is 400 g/mol. The molecule has 0 atom stereocenters. The molecule has 5 rings (SSSR count). The lowest BCUT2D eigenvalue weighted by atomic mass is 9.84. The van der Waals surface area contributed by atoms with Gasteiger partial charge in [-0.3, -0.25) is 0 Å². The average Bonchev–Trinajstić information content (AvgIpc) is 3.12. The molecule has 0 unspecified atom stereocenters. The van der Waals surface area contributed by atoms with Gasteiger partial charge in [0.1, 0.15) is 10.6 Å². The molecule has 1 fully saturated rings. The first kappa shape index (κ1) is 18.6. The van der Waals surface area contributed by atoms with Gasteiger partial charge in [-0.15, -0.1) is 11.3 Å². The van der Waals surface area contributed by atoms with Crippen LogP contribution in [-0.2, 0) is 10.1 Å². The van der Waals surface area contributed by atoms with E-state index in [9.17, 15) is 8.42 Å². The summed E-state index contributed by atoms with van der Waals surface area (Å²) in [4.78, 5) is 0.191. The van der Waals surface area contributed by atoms with E-state index in [2.05, 4.69) is 18.2 Å². The number of hydrogen-bond acceptors (Lipinski definition) is 4. The van der Waals surface area contributed by atoms with Gasteiger partial charge in [0, 0.05) is 20.2 Å². The fourth-order valence-electron chi connectivity index (χ4n) is 4.27. The van der Waals surface area contributed by atoms with Crippen molar-refractivity contribution in [3.8, 4) is 5.75 Å². The summed E-state index contributed by atoms with van der Waals surface area (Å²) >= 11 is 1.70. The van der Waals surface area contributed by atoms with Gasteiger partial charge in [0.25, 0.3) is 0 Å². The van der Waals surface area contributed by atoms with E-state index in [-0.39, 0.29) is 4.90 Å². The van der Waals surface area contributed by atoms with E-state index in [0.717, 1.165) is 15.5 Å². The van der Waals surface area contributed by atoms with Gasteiger partial charge in [-0.05, 0) is 66.8 Å². The van der Waals surface area contributed by atoms with Crippen LogP contribution in [0.25, 0.3) is 20.2 Å². The first-order valence-corrected chi connectivity index (χ1v) is 12.3. The van der Waals surface area contributed by atoms with Gasteiger partial charge in [0.05, 0.1) is 0 Å². The molecule has 1 aliphatic carbocycles. The highest BCUT2D eigenvalue weighted by atomic mass is 32.2. The normalized spacial score (nSPS) is 15.7. The van der Waals surface area contributed by atoms with Crippen LogP contribution in [0.5, 0.6) is 5.75 Å². The third-order valence-corrected chi connectivity index (χ3v) is 8.17.